The molecule has 2 aromatic rings. The molecular formula is C18H17F2NO2. The van der Waals surface area contributed by atoms with Crippen LogP contribution in [0.1, 0.15) is 24.3 Å². The van der Waals surface area contributed by atoms with Gasteiger partial charge in [0.2, 0.25) is 0 Å². The number of halogens is 2. The van der Waals surface area contributed by atoms with E-state index in [2.05, 4.69) is 6.07 Å². The number of hydrogen-bond donors (Lipinski definition) is 0. The summed E-state index contributed by atoms with van der Waals surface area (Å²) < 4.78 is 36.8. The largest absolute Gasteiger partial charge is 0.496 e. The molecule has 0 saturated carbocycles. The van der Waals surface area contributed by atoms with Gasteiger partial charge in [0.1, 0.15) is 11.6 Å². The minimum atomic E-state index is -0.730. The van der Waals surface area contributed by atoms with E-state index in [1.54, 1.807) is 7.11 Å². The number of benzene rings is 2. The number of ether oxygens (including phenoxy) is 2. The van der Waals surface area contributed by atoms with Gasteiger partial charge in [-0.15, -0.1) is 0 Å². The van der Waals surface area contributed by atoms with Crippen LogP contribution in [0.5, 0.6) is 11.5 Å². The van der Waals surface area contributed by atoms with Crippen LogP contribution >= 0.6 is 0 Å². The average molecular weight is 317 g/mol. The summed E-state index contributed by atoms with van der Waals surface area (Å²) in [6.45, 7) is 0.246. The minimum absolute atomic E-state index is 0.0113. The summed E-state index contributed by atoms with van der Waals surface area (Å²) in [6, 6.07) is 12.8. The van der Waals surface area contributed by atoms with Crippen LogP contribution in [0, 0.1) is 23.0 Å². The molecule has 0 bridgehead atoms. The first-order chi connectivity index (χ1) is 11.2. The van der Waals surface area contributed by atoms with E-state index in [0.717, 1.165) is 17.7 Å². The highest BCUT2D eigenvalue weighted by Crippen LogP contribution is 2.29. The first kappa shape index (κ1) is 16.8. The molecule has 2 rings (SSSR count). The van der Waals surface area contributed by atoms with E-state index in [4.69, 9.17) is 9.47 Å². The highest BCUT2D eigenvalue weighted by atomic mass is 19.1. The van der Waals surface area contributed by atoms with E-state index >= 15 is 0 Å². The Balaban J connectivity index is 1.90. The lowest BCUT2D eigenvalue weighted by atomic mass is 9.95. The zero-order chi connectivity index (χ0) is 16.7. The Morgan fingerprint density at radius 3 is 2.61 bits per heavy atom. The fourth-order valence-electron chi connectivity index (χ4n) is 2.31. The Morgan fingerprint density at radius 1 is 1.13 bits per heavy atom. The van der Waals surface area contributed by atoms with Crippen LogP contribution in [-0.4, -0.2) is 13.7 Å². The summed E-state index contributed by atoms with van der Waals surface area (Å²) in [5.41, 5.74) is 0.825. The van der Waals surface area contributed by atoms with Crippen molar-refractivity contribution in [2.24, 2.45) is 0 Å². The van der Waals surface area contributed by atoms with Crippen LogP contribution in [0.15, 0.2) is 42.5 Å². The van der Waals surface area contributed by atoms with E-state index in [1.165, 1.54) is 6.07 Å². The SMILES string of the molecule is COc1ccccc1C(C#N)CCCOc1ccc(F)cc1F. The normalized spacial score (nSPS) is 11.6. The number of hydrogen-bond acceptors (Lipinski definition) is 3. The van der Waals surface area contributed by atoms with Gasteiger partial charge in [-0.05, 0) is 31.0 Å². The molecular weight excluding hydrogens is 300 g/mol. The lowest BCUT2D eigenvalue weighted by Crippen LogP contribution is -2.04. The Bertz CT molecular complexity index is 698. The van der Waals surface area contributed by atoms with Crippen LogP contribution in [0.25, 0.3) is 0 Å². The number of para-hydroxylation sites is 1. The first-order valence-electron chi connectivity index (χ1n) is 7.26. The molecule has 1 unspecified atom stereocenters. The van der Waals surface area contributed by atoms with Crippen molar-refractivity contribution in [3.8, 4) is 17.6 Å². The first-order valence-corrected chi connectivity index (χ1v) is 7.26. The highest BCUT2D eigenvalue weighted by Gasteiger charge is 2.15. The van der Waals surface area contributed by atoms with Crippen LogP contribution < -0.4 is 9.47 Å². The lowest BCUT2D eigenvalue weighted by molar-refractivity contribution is 0.289. The number of methoxy groups -OCH3 is 1. The number of nitrogens with zero attached hydrogens (tertiary/aromatic N) is 1. The molecule has 3 nitrogen and oxygen atoms in total. The van der Waals surface area contributed by atoms with E-state index < -0.39 is 11.6 Å². The number of rotatable bonds is 7. The third kappa shape index (κ3) is 4.43. The summed E-state index contributed by atoms with van der Waals surface area (Å²) in [5.74, 6) is -1.02. The molecule has 1 atom stereocenters. The molecule has 0 radical (unpaired) electrons. The van der Waals surface area contributed by atoms with E-state index in [-0.39, 0.29) is 18.3 Å². The van der Waals surface area contributed by atoms with E-state index in [9.17, 15) is 14.0 Å². The van der Waals surface area contributed by atoms with Crippen LogP contribution in [-0.2, 0) is 0 Å². The average Bonchev–Trinajstić information content (AvgIpc) is 2.56. The molecule has 0 aliphatic carbocycles. The van der Waals surface area contributed by atoms with Crippen molar-refractivity contribution in [1.82, 2.24) is 0 Å². The smallest absolute Gasteiger partial charge is 0.167 e. The Labute approximate surface area is 134 Å². The maximum atomic E-state index is 13.4. The second-order valence-corrected chi connectivity index (χ2v) is 4.99. The molecule has 0 aliphatic rings. The standard InChI is InChI=1S/C18H17F2NO2/c1-22-17-7-3-2-6-15(17)13(12-21)5-4-10-23-18-9-8-14(19)11-16(18)20/h2-3,6-9,11,13H,4-5,10H2,1H3. The van der Waals surface area contributed by atoms with Crippen molar-refractivity contribution in [2.45, 2.75) is 18.8 Å². The minimum Gasteiger partial charge on any atom is -0.496 e. The van der Waals surface area contributed by atoms with Gasteiger partial charge < -0.3 is 9.47 Å². The Morgan fingerprint density at radius 2 is 1.91 bits per heavy atom. The van der Waals surface area contributed by atoms with Gasteiger partial charge >= 0.3 is 0 Å². The zero-order valence-electron chi connectivity index (χ0n) is 12.8. The molecule has 0 amide bonds. The zero-order valence-corrected chi connectivity index (χ0v) is 12.8. The van der Waals surface area contributed by atoms with Gasteiger partial charge in [0, 0.05) is 11.6 Å². The molecule has 0 spiro atoms. The summed E-state index contributed by atoms with van der Waals surface area (Å²) in [7, 11) is 1.56. The molecule has 2 aromatic carbocycles. The van der Waals surface area contributed by atoms with Gasteiger partial charge in [-0.1, -0.05) is 18.2 Å². The molecule has 0 saturated heterocycles. The van der Waals surface area contributed by atoms with Gasteiger partial charge in [-0.25, -0.2) is 8.78 Å². The van der Waals surface area contributed by atoms with Crippen molar-refractivity contribution in [3.05, 3.63) is 59.7 Å². The van der Waals surface area contributed by atoms with Gasteiger partial charge in [0.05, 0.1) is 25.7 Å². The maximum absolute atomic E-state index is 13.4. The fourth-order valence-corrected chi connectivity index (χ4v) is 2.31. The second-order valence-electron chi connectivity index (χ2n) is 4.99. The predicted molar refractivity (Wildman–Crippen MR) is 82.4 cm³/mol. The Hall–Kier alpha value is -2.61. The van der Waals surface area contributed by atoms with Crippen molar-refractivity contribution in [3.63, 3.8) is 0 Å². The topological polar surface area (TPSA) is 42.2 Å². The van der Waals surface area contributed by atoms with Crippen LogP contribution in [0.2, 0.25) is 0 Å². The van der Waals surface area contributed by atoms with Crippen molar-refractivity contribution in [2.75, 3.05) is 13.7 Å². The monoisotopic (exact) mass is 317 g/mol. The summed E-state index contributed by atoms with van der Waals surface area (Å²) in [6.07, 6.45) is 1.12. The third-order valence-electron chi connectivity index (χ3n) is 3.46. The van der Waals surface area contributed by atoms with Crippen molar-refractivity contribution >= 4 is 0 Å². The molecule has 0 aliphatic heterocycles. The summed E-state index contributed by atoms with van der Waals surface area (Å²) in [4.78, 5) is 0. The van der Waals surface area contributed by atoms with E-state index in [0.29, 0.717) is 18.6 Å². The molecule has 0 heterocycles. The fraction of sp³-hybridized carbons (Fsp3) is 0.278. The molecule has 5 heteroatoms. The molecule has 0 N–H and O–H groups in total. The highest BCUT2D eigenvalue weighted by molar-refractivity contribution is 5.38. The maximum Gasteiger partial charge on any atom is 0.167 e. The molecule has 0 fully saturated rings. The summed E-state index contributed by atoms with van der Waals surface area (Å²) in [5, 5.41) is 9.34. The molecule has 0 aromatic heterocycles. The third-order valence-corrected chi connectivity index (χ3v) is 3.46. The number of nitriles is 1. The van der Waals surface area contributed by atoms with Gasteiger partial charge in [-0.3, -0.25) is 0 Å². The Kier molecular flexibility index (Phi) is 5.93. The lowest BCUT2D eigenvalue weighted by Gasteiger charge is -2.14. The van der Waals surface area contributed by atoms with Gasteiger partial charge in [0.15, 0.2) is 11.6 Å². The van der Waals surface area contributed by atoms with Crippen molar-refractivity contribution < 1.29 is 18.3 Å². The quantitative estimate of drug-likeness (QED) is 0.709. The molecule has 120 valence electrons. The summed E-state index contributed by atoms with van der Waals surface area (Å²) >= 11 is 0. The van der Waals surface area contributed by atoms with Crippen LogP contribution in [0.3, 0.4) is 0 Å². The van der Waals surface area contributed by atoms with Crippen molar-refractivity contribution in [1.29, 1.82) is 5.26 Å². The second kappa shape index (κ2) is 8.14. The van der Waals surface area contributed by atoms with Gasteiger partial charge in [0.25, 0.3) is 0 Å². The van der Waals surface area contributed by atoms with Gasteiger partial charge in [-0.2, -0.15) is 5.26 Å². The molecule has 23 heavy (non-hydrogen) atoms. The van der Waals surface area contributed by atoms with Crippen LogP contribution in [0.4, 0.5) is 8.78 Å². The van der Waals surface area contributed by atoms with E-state index in [1.807, 2.05) is 24.3 Å². The predicted octanol–water partition coefficient (Wildman–Crippen LogP) is 4.44.